The normalized spacial score (nSPS) is 11.0. The SMILES string of the molecule is [CH]n1c2cc(OC)c(OC)cc2c2cc(OC)c(OC)cc21. The van der Waals surface area contributed by atoms with E-state index >= 15 is 0 Å². The predicted octanol–water partition coefficient (Wildman–Crippen LogP) is 3.35. The summed E-state index contributed by atoms with van der Waals surface area (Å²) < 4.78 is 23.0. The van der Waals surface area contributed by atoms with Crippen molar-refractivity contribution in [2.24, 2.45) is 0 Å². The Bertz CT molecular complexity index is 782. The van der Waals surface area contributed by atoms with Gasteiger partial charge in [-0.2, -0.15) is 0 Å². The number of benzene rings is 2. The molecule has 0 saturated heterocycles. The van der Waals surface area contributed by atoms with E-state index in [1.54, 1.807) is 33.0 Å². The van der Waals surface area contributed by atoms with Gasteiger partial charge in [0.05, 0.1) is 46.5 Å². The topological polar surface area (TPSA) is 41.9 Å². The van der Waals surface area contributed by atoms with E-state index in [-0.39, 0.29) is 0 Å². The lowest BCUT2D eigenvalue weighted by Gasteiger charge is -2.08. The lowest BCUT2D eigenvalue weighted by Crippen LogP contribution is -1.92. The fourth-order valence-electron chi connectivity index (χ4n) is 2.70. The van der Waals surface area contributed by atoms with Crippen molar-refractivity contribution in [3.8, 4) is 23.0 Å². The molecule has 3 aromatic rings. The van der Waals surface area contributed by atoms with Gasteiger partial charge in [0.25, 0.3) is 0 Å². The molecule has 22 heavy (non-hydrogen) atoms. The van der Waals surface area contributed by atoms with Gasteiger partial charge in [0.2, 0.25) is 0 Å². The van der Waals surface area contributed by atoms with Crippen molar-refractivity contribution >= 4 is 21.8 Å². The second-order valence-electron chi connectivity index (χ2n) is 4.82. The van der Waals surface area contributed by atoms with Crippen LogP contribution >= 0.6 is 0 Å². The Morgan fingerprint density at radius 2 is 0.955 bits per heavy atom. The maximum atomic E-state index is 6.23. The van der Waals surface area contributed by atoms with Gasteiger partial charge in [0, 0.05) is 22.9 Å². The van der Waals surface area contributed by atoms with Gasteiger partial charge in [0.15, 0.2) is 23.0 Å². The molecule has 2 radical (unpaired) electrons. The molecule has 1 heterocycles. The maximum Gasteiger partial charge on any atom is 0.162 e. The summed E-state index contributed by atoms with van der Waals surface area (Å²) >= 11 is 0. The smallest absolute Gasteiger partial charge is 0.162 e. The minimum Gasteiger partial charge on any atom is -0.493 e. The highest BCUT2D eigenvalue weighted by molar-refractivity contribution is 6.10. The summed E-state index contributed by atoms with van der Waals surface area (Å²) in [5, 5.41) is 1.91. The molecule has 114 valence electrons. The zero-order valence-corrected chi connectivity index (χ0v) is 13.0. The van der Waals surface area contributed by atoms with Crippen LogP contribution in [0.25, 0.3) is 21.8 Å². The predicted molar refractivity (Wildman–Crippen MR) is 85.4 cm³/mol. The molecule has 0 spiro atoms. The third-order valence-corrected chi connectivity index (χ3v) is 3.81. The molecule has 0 aliphatic carbocycles. The molecule has 0 amide bonds. The number of ether oxygens (including phenoxy) is 4. The zero-order valence-electron chi connectivity index (χ0n) is 13.0. The molecule has 0 N–H and O–H groups in total. The molecular weight excluding hydrogens is 282 g/mol. The average Bonchev–Trinajstić information content (AvgIpc) is 2.83. The van der Waals surface area contributed by atoms with Crippen LogP contribution in [0.15, 0.2) is 24.3 Å². The van der Waals surface area contributed by atoms with Crippen LogP contribution in [-0.2, 0) is 0 Å². The lowest BCUT2D eigenvalue weighted by atomic mass is 10.1. The highest BCUT2D eigenvalue weighted by Crippen LogP contribution is 2.41. The van der Waals surface area contributed by atoms with Gasteiger partial charge in [-0.15, -0.1) is 0 Å². The van der Waals surface area contributed by atoms with Crippen LogP contribution in [0, 0.1) is 7.05 Å². The quantitative estimate of drug-likeness (QED) is 0.741. The summed E-state index contributed by atoms with van der Waals surface area (Å²) in [7, 11) is 12.6. The number of hydrogen-bond acceptors (Lipinski definition) is 4. The van der Waals surface area contributed by atoms with E-state index in [2.05, 4.69) is 0 Å². The Labute approximate surface area is 128 Å². The Morgan fingerprint density at radius 1 is 0.636 bits per heavy atom. The first-order valence-electron chi connectivity index (χ1n) is 6.71. The Kier molecular flexibility index (Phi) is 3.48. The minimum atomic E-state index is 0.628. The molecule has 0 aliphatic heterocycles. The van der Waals surface area contributed by atoms with Crippen LogP contribution in [-0.4, -0.2) is 33.0 Å². The van der Waals surface area contributed by atoms with Crippen molar-refractivity contribution in [2.75, 3.05) is 28.4 Å². The standard InChI is InChI=1S/C17H17NO4/c1-18-12-8-16(21-4)14(19-2)6-10(12)11-7-15(20-3)17(22-5)9-13(11)18/h1,6-9H,2-5H3. The monoisotopic (exact) mass is 299 g/mol. The minimum absolute atomic E-state index is 0.628. The largest absolute Gasteiger partial charge is 0.493 e. The number of rotatable bonds is 4. The van der Waals surface area contributed by atoms with Gasteiger partial charge >= 0.3 is 0 Å². The first-order valence-corrected chi connectivity index (χ1v) is 6.71. The molecule has 0 fully saturated rings. The fourth-order valence-corrected chi connectivity index (χ4v) is 2.70. The number of aromatic nitrogens is 1. The van der Waals surface area contributed by atoms with Crippen LogP contribution in [0.4, 0.5) is 0 Å². The van der Waals surface area contributed by atoms with E-state index in [4.69, 9.17) is 26.0 Å². The van der Waals surface area contributed by atoms with Gasteiger partial charge in [-0.3, -0.25) is 0 Å². The van der Waals surface area contributed by atoms with Crippen LogP contribution in [0.3, 0.4) is 0 Å². The van der Waals surface area contributed by atoms with Gasteiger partial charge < -0.3 is 23.5 Å². The Balaban J connectivity index is 2.43. The molecule has 1 aromatic heterocycles. The molecule has 0 aliphatic rings. The van der Waals surface area contributed by atoms with Crippen LogP contribution in [0.2, 0.25) is 0 Å². The van der Waals surface area contributed by atoms with Crippen molar-refractivity contribution in [3.63, 3.8) is 0 Å². The van der Waals surface area contributed by atoms with E-state index < -0.39 is 0 Å². The van der Waals surface area contributed by atoms with E-state index in [1.807, 2.05) is 24.3 Å². The summed E-state index contributed by atoms with van der Waals surface area (Å²) in [6.45, 7) is 0. The van der Waals surface area contributed by atoms with E-state index in [0.717, 1.165) is 21.8 Å². The van der Waals surface area contributed by atoms with Crippen molar-refractivity contribution in [2.45, 2.75) is 0 Å². The van der Waals surface area contributed by atoms with Crippen molar-refractivity contribution in [1.82, 2.24) is 4.57 Å². The second kappa shape index (κ2) is 5.33. The summed E-state index contributed by atoms with van der Waals surface area (Å²) in [5.41, 5.74) is 1.67. The third-order valence-electron chi connectivity index (χ3n) is 3.81. The molecular formula is C17H17NO4. The van der Waals surface area contributed by atoms with Crippen molar-refractivity contribution in [1.29, 1.82) is 0 Å². The Hall–Kier alpha value is -2.56. The molecule has 3 rings (SSSR count). The van der Waals surface area contributed by atoms with E-state index in [1.165, 1.54) is 0 Å². The lowest BCUT2D eigenvalue weighted by molar-refractivity contribution is 0.355. The molecule has 0 atom stereocenters. The number of nitrogens with zero attached hydrogens (tertiary/aromatic N) is 1. The summed E-state index contributed by atoms with van der Waals surface area (Å²) in [6.07, 6.45) is 0. The summed E-state index contributed by atoms with van der Waals surface area (Å²) in [4.78, 5) is 0. The molecule has 5 heteroatoms. The summed E-state index contributed by atoms with van der Waals surface area (Å²) in [5.74, 6) is 2.56. The maximum absolute atomic E-state index is 6.23. The zero-order chi connectivity index (χ0) is 15.9. The van der Waals surface area contributed by atoms with E-state index in [9.17, 15) is 0 Å². The van der Waals surface area contributed by atoms with Gasteiger partial charge in [-0.05, 0) is 12.1 Å². The van der Waals surface area contributed by atoms with Crippen molar-refractivity contribution < 1.29 is 18.9 Å². The van der Waals surface area contributed by atoms with Crippen LogP contribution in [0.5, 0.6) is 23.0 Å². The molecule has 2 aromatic carbocycles. The highest BCUT2D eigenvalue weighted by Gasteiger charge is 2.16. The number of fused-ring (bicyclic) bond motifs is 3. The average molecular weight is 299 g/mol. The number of hydrogen-bond donors (Lipinski definition) is 0. The molecule has 5 nitrogen and oxygen atoms in total. The summed E-state index contributed by atoms with van der Waals surface area (Å²) in [6, 6.07) is 7.53. The van der Waals surface area contributed by atoms with Gasteiger partial charge in [0.1, 0.15) is 0 Å². The molecule has 0 bridgehead atoms. The van der Waals surface area contributed by atoms with Crippen molar-refractivity contribution in [3.05, 3.63) is 31.3 Å². The second-order valence-corrected chi connectivity index (χ2v) is 4.82. The van der Waals surface area contributed by atoms with E-state index in [0.29, 0.717) is 23.0 Å². The van der Waals surface area contributed by atoms with Crippen LogP contribution in [0.1, 0.15) is 0 Å². The highest BCUT2D eigenvalue weighted by atomic mass is 16.5. The van der Waals surface area contributed by atoms with Gasteiger partial charge in [-0.1, -0.05) is 0 Å². The van der Waals surface area contributed by atoms with Crippen LogP contribution < -0.4 is 18.9 Å². The first kappa shape index (κ1) is 14.4. The molecule has 0 saturated carbocycles. The third kappa shape index (κ3) is 1.93. The molecule has 0 unspecified atom stereocenters. The first-order chi connectivity index (χ1) is 10.6. The Morgan fingerprint density at radius 3 is 1.27 bits per heavy atom. The number of methoxy groups -OCH3 is 4. The van der Waals surface area contributed by atoms with Gasteiger partial charge in [-0.25, -0.2) is 0 Å². The fraction of sp³-hybridized carbons (Fsp3) is 0.235.